The van der Waals surface area contributed by atoms with E-state index >= 15 is 0 Å². The average Bonchev–Trinajstić information content (AvgIpc) is 2.00. The number of rotatable bonds is 2. The molecule has 0 heterocycles. The van der Waals surface area contributed by atoms with Crippen LogP contribution in [0.2, 0.25) is 0 Å². The second-order valence-corrected chi connectivity index (χ2v) is 1.84. The SMILES string of the molecule is C=C(CC#CC)OC(=O)C(=O)O. The topological polar surface area (TPSA) is 63.6 Å². The van der Waals surface area contributed by atoms with Crippen LogP contribution < -0.4 is 0 Å². The molecule has 0 unspecified atom stereocenters. The lowest BCUT2D eigenvalue weighted by Gasteiger charge is -1.99. The molecule has 0 aliphatic rings. The van der Waals surface area contributed by atoms with Crippen LogP contribution in [0.15, 0.2) is 12.3 Å². The van der Waals surface area contributed by atoms with Crippen LogP contribution in [0.25, 0.3) is 0 Å². The van der Waals surface area contributed by atoms with E-state index in [1.807, 2.05) is 0 Å². The molecule has 0 rings (SSSR count). The van der Waals surface area contributed by atoms with Gasteiger partial charge in [0.1, 0.15) is 5.76 Å². The molecule has 12 heavy (non-hydrogen) atoms. The van der Waals surface area contributed by atoms with Gasteiger partial charge in [-0.25, -0.2) is 9.59 Å². The molecule has 4 nitrogen and oxygen atoms in total. The van der Waals surface area contributed by atoms with Gasteiger partial charge in [0.05, 0.1) is 6.42 Å². The summed E-state index contributed by atoms with van der Waals surface area (Å²) in [5, 5.41) is 8.10. The van der Waals surface area contributed by atoms with E-state index in [-0.39, 0.29) is 12.2 Å². The van der Waals surface area contributed by atoms with Crippen LogP contribution in [0.3, 0.4) is 0 Å². The van der Waals surface area contributed by atoms with Crippen LogP contribution in [0.4, 0.5) is 0 Å². The smallest absolute Gasteiger partial charge is 0.422 e. The maximum Gasteiger partial charge on any atom is 0.422 e. The number of ether oxygens (including phenoxy) is 1. The summed E-state index contributed by atoms with van der Waals surface area (Å²) >= 11 is 0. The van der Waals surface area contributed by atoms with Crippen molar-refractivity contribution in [1.29, 1.82) is 0 Å². The summed E-state index contributed by atoms with van der Waals surface area (Å²) in [5.74, 6) is 2.19. The van der Waals surface area contributed by atoms with E-state index in [2.05, 4.69) is 23.2 Å². The number of hydrogen-bond acceptors (Lipinski definition) is 3. The molecular weight excluding hydrogens is 160 g/mol. The van der Waals surface area contributed by atoms with Gasteiger partial charge in [0.2, 0.25) is 0 Å². The van der Waals surface area contributed by atoms with Crippen LogP contribution in [-0.2, 0) is 14.3 Å². The molecule has 0 spiro atoms. The van der Waals surface area contributed by atoms with E-state index in [9.17, 15) is 9.59 Å². The highest BCUT2D eigenvalue weighted by Crippen LogP contribution is 1.98. The minimum atomic E-state index is -1.64. The van der Waals surface area contributed by atoms with E-state index in [1.54, 1.807) is 6.92 Å². The fourth-order valence-corrected chi connectivity index (χ4v) is 0.398. The molecule has 0 amide bonds. The molecule has 0 aromatic carbocycles. The highest BCUT2D eigenvalue weighted by molar-refractivity contribution is 6.28. The van der Waals surface area contributed by atoms with Gasteiger partial charge in [-0.3, -0.25) is 0 Å². The van der Waals surface area contributed by atoms with Gasteiger partial charge in [-0.1, -0.05) is 12.5 Å². The van der Waals surface area contributed by atoms with Gasteiger partial charge >= 0.3 is 11.9 Å². The van der Waals surface area contributed by atoms with Gasteiger partial charge in [0.25, 0.3) is 0 Å². The minimum Gasteiger partial charge on any atom is -0.473 e. The summed E-state index contributed by atoms with van der Waals surface area (Å²) in [4.78, 5) is 20.3. The quantitative estimate of drug-likeness (QED) is 0.283. The molecule has 0 saturated heterocycles. The Morgan fingerprint density at radius 2 is 2.17 bits per heavy atom. The van der Waals surface area contributed by atoms with Gasteiger partial charge in [0, 0.05) is 0 Å². The van der Waals surface area contributed by atoms with Gasteiger partial charge in [-0.15, -0.1) is 5.92 Å². The number of carboxylic acids is 1. The summed E-state index contributed by atoms with van der Waals surface area (Å²) in [5.41, 5.74) is 0. The second kappa shape index (κ2) is 4.97. The van der Waals surface area contributed by atoms with Crippen LogP contribution >= 0.6 is 0 Å². The zero-order chi connectivity index (χ0) is 9.56. The molecule has 0 aliphatic carbocycles. The van der Waals surface area contributed by atoms with Crippen molar-refractivity contribution in [3.8, 4) is 11.8 Å². The Bertz CT molecular complexity index is 267. The number of allylic oxidation sites excluding steroid dienone is 1. The first-order chi connectivity index (χ1) is 5.57. The molecule has 4 heteroatoms. The lowest BCUT2D eigenvalue weighted by atomic mass is 10.4. The molecule has 0 saturated carbocycles. The minimum absolute atomic E-state index is 0.0387. The van der Waals surface area contributed by atoms with Crippen molar-refractivity contribution >= 4 is 11.9 Å². The molecular formula is C8H8O4. The number of esters is 1. The Labute approximate surface area is 69.8 Å². The lowest BCUT2D eigenvalue weighted by molar-refractivity contribution is -0.161. The molecule has 64 valence electrons. The van der Waals surface area contributed by atoms with Gasteiger partial charge < -0.3 is 9.84 Å². The Morgan fingerprint density at radius 1 is 1.58 bits per heavy atom. The normalized spacial score (nSPS) is 7.75. The van der Waals surface area contributed by atoms with Gasteiger partial charge in [-0.2, -0.15) is 0 Å². The predicted octanol–water partition coefficient (Wildman–Crippen LogP) is 0.541. The van der Waals surface area contributed by atoms with Crippen molar-refractivity contribution in [3.05, 3.63) is 12.3 Å². The summed E-state index contributed by atoms with van der Waals surface area (Å²) in [6.45, 7) is 4.92. The zero-order valence-electron chi connectivity index (χ0n) is 6.59. The van der Waals surface area contributed by atoms with Crippen LogP contribution in [0.1, 0.15) is 13.3 Å². The first-order valence-electron chi connectivity index (χ1n) is 3.10. The Morgan fingerprint density at radius 3 is 2.58 bits per heavy atom. The third kappa shape index (κ3) is 4.12. The van der Waals surface area contributed by atoms with Crippen LogP contribution in [-0.4, -0.2) is 17.0 Å². The Kier molecular flexibility index (Phi) is 4.24. The van der Waals surface area contributed by atoms with Crippen molar-refractivity contribution in [2.45, 2.75) is 13.3 Å². The number of carboxylic acid groups (broad SMARTS) is 1. The third-order valence-electron chi connectivity index (χ3n) is 0.874. The average molecular weight is 168 g/mol. The highest BCUT2D eigenvalue weighted by Gasteiger charge is 2.13. The number of carbonyl (C=O) groups excluding carboxylic acids is 1. The van der Waals surface area contributed by atoms with Crippen molar-refractivity contribution in [2.24, 2.45) is 0 Å². The predicted molar refractivity (Wildman–Crippen MR) is 40.9 cm³/mol. The van der Waals surface area contributed by atoms with Crippen molar-refractivity contribution in [2.75, 3.05) is 0 Å². The zero-order valence-corrected chi connectivity index (χ0v) is 6.59. The first-order valence-corrected chi connectivity index (χ1v) is 3.10. The standard InChI is InChI=1S/C8H8O4/c1-3-4-5-6(2)12-8(11)7(9)10/h2,5H2,1H3,(H,9,10). The van der Waals surface area contributed by atoms with Crippen molar-refractivity contribution in [3.63, 3.8) is 0 Å². The monoisotopic (exact) mass is 168 g/mol. The molecule has 0 aromatic rings. The highest BCUT2D eigenvalue weighted by atomic mass is 16.6. The molecule has 0 radical (unpaired) electrons. The summed E-state index contributed by atoms with van der Waals surface area (Å²) in [6, 6.07) is 0. The molecule has 0 bridgehead atoms. The summed E-state index contributed by atoms with van der Waals surface area (Å²) in [7, 11) is 0. The van der Waals surface area contributed by atoms with E-state index in [4.69, 9.17) is 5.11 Å². The number of aliphatic carboxylic acids is 1. The van der Waals surface area contributed by atoms with Gasteiger partial charge in [0.15, 0.2) is 0 Å². The van der Waals surface area contributed by atoms with Gasteiger partial charge in [-0.05, 0) is 6.92 Å². The van der Waals surface area contributed by atoms with E-state index in [1.165, 1.54) is 0 Å². The third-order valence-corrected chi connectivity index (χ3v) is 0.874. The maximum atomic E-state index is 10.4. The van der Waals surface area contributed by atoms with E-state index in [0.29, 0.717) is 0 Å². The Balaban J connectivity index is 3.91. The molecule has 0 aliphatic heterocycles. The molecule has 0 fully saturated rings. The van der Waals surface area contributed by atoms with Crippen molar-refractivity contribution in [1.82, 2.24) is 0 Å². The van der Waals surface area contributed by atoms with E-state index < -0.39 is 11.9 Å². The first kappa shape index (κ1) is 10.2. The van der Waals surface area contributed by atoms with Crippen LogP contribution in [0, 0.1) is 11.8 Å². The number of hydrogen-bond donors (Lipinski definition) is 1. The summed E-state index contributed by atoms with van der Waals surface area (Å²) < 4.78 is 4.28. The number of carbonyl (C=O) groups is 2. The fraction of sp³-hybridized carbons (Fsp3) is 0.250. The fourth-order valence-electron chi connectivity index (χ4n) is 0.398. The molecule has 0 aromatic heterocycles. The lowest BCUT2D eigenvalue weighted by Crippen LogP contribution is -2.15. The second-order valence-electron chi connectivity index (χ2n) is 1.84. The summed E-state index contributed by atoms with van der Waals surface area (Å²) in [6.07, 6.45) is 0.162. The maximum absolute atomic E-state index is 10.4. The van der Waals surface area contributed by atoms with Crippen LogP contribution in [0.5, 0.6) is 0 Å². The molecule has 1 N–H and O–H groups in total. The van der Waals surface area contributed by atoms with E-state index in [0.717, 1.165) is 0 Å². The molecule has 0 atom stereocenters. The van der Waals surface area contributed by atoms with Crippen molar-refractivity contribution < 1.29 is 19.4 Å². The Hall–Kier alpha value is -1.76. The largest absolute Gasteiger partial charge is 0.473 e.